The number of rotatable bonds is 3. The molecule has 1 saturated heterocycles. The van der Waals surface area contributed by atoms with Gasteiger partial charge in [0.15, 0.2) is 9.84 Å². The maximum absolute atomic E-state index is 12.5. The average Bonchev–Trinajstić information content (AvgIpc) is 3.16. The molecule has 118 valence electrons. The number of aryl methyl sites for hydroxylation is 1. The van der Waals surface area contributed by atoms with Crippen LogP contribution in [0.3, 0.4) is 0 Å². The van der Waals surface area contributed by atoms with Crippen LogP contribution in [0.1, 0.15) is 28.5 Å². The molecule has 0 spiro atoms. The van der Waals surface area contributed by atoms with Gasteiger partial charge < -0.3 is 9.47 Å². The molecule has 1 amide bonds. The van der Waals surface area contributed by atoms with Gasteiger partial charge in [0.2, 0.25) is 0 Å². The highest BCUT2D eigenvalue weighted by Gasteiger charge is 2.32. The first-order valence-corrected chi connectivity index (χ1v) is 8.91. The van der Waals surface area contributed by atoms with Crippen molar-refractivity contribution in [3.63, 3.8) is 0 Å². The largest absolute Gasteiger partial charge is 0.347 e. The van der Waals surface area contributed by atoms with Gasteiger partial charge in [-0.05, 0) is 18.6 Å². The standard InChI is InChI=1S/C14H18N4O3S/c1-17-6-3-4-11(17)14(19)18-7-5-10(9-18)13-12(8-15-16-13)22(2,20)21/h3-4,6,8,10H,5,7,9H2,1-2H3,(H,15,16). The monoisotopic (exact) mass is 322 g/mol. The Morgan fingerprint density at radius 1 is 1.45 bits per heavy atom. The van der Waals surface area contributed by atoms with E-state index in [9.17, 15) is 13.2 Å². The van der Waals surface area contributed by atoms with E-state index in [0.717, 1.165) is 6.42 Å². The van der Waals surface area contributed by atoms with E-state index in [2.05, 4.69) is 10.2 Å². The van der Waals surface area contributed by atoms with Crippen molar-refractivity contribution in [1.29, 1.82) is 0 Å². The Hall–Kier alpha value is -2.09. The van der Waals surface area contributed by atoms with Crippen LogP contribution in [-0.4, -0.2) is 53.3 Å². The van der Waals surface area contributed by atoms with Crippen LogP contribution in [0.2, 0.25) is 0 Å². The van der Waals surface area contributed by atoms with E-state index in [1.165, 1.54) is 12.5 Å². The number of hydrogen-bond donors (Lipinski definition) is 1. The Balaban J connectivity index is 1.80. The fourth-order valence-electron chi connectivity index (χ4n) is 2.90. The van der Waals surface area contributed by atoms with Crippen LogP contribution in [0.4, 0.5) is 0 Å². The Morgan fingerprint density at radius 2 is 2.23 bits per heavy atom. The van der Waals surface area contributed by atoms with E-state index in [-0.39, 0.29) is 16.7 Å². The number of aromatic amines is 1. The van der Waals surface area contributed by atoms with Crippen LogP contribution in [0, 0.1) is 0 Å². The van der Waals surface area contributed by atoms with E-state index in [1.54, 1.807) is 15.5 Å². The summed E-state index contributed by atoms with van der Waals surface area (Å²) in [6, 6.07) is 3.62. The van der Waals surface area contributed by atoms with Crippen molar-refractivity contribution in [2.75, 3.05) is 19.3 Å². The quantitative estimate of drug-likeness (QED) is 0.904. The number of hydrogen-bond acceptors (Lipinski definition) is 4. The number of sulfone groups is 1. The fraction of sp³-hybridized carbons (Fsp3) is 0.429. The maximum Gasteiger partial charge on any atom is 0.270 e. The van der Waals surface area contributed by atoms with Gasteiger partial charge in [-0.2, -0.15) is 5.10 Å². The van der Waals surface area contributed by atoms with Crippen LogP contribution in [0.15, 0.2) is 29.4 Å². The third kappa shape index (κ3) is 2.54. The first kappa shape index (κ1) is 14.8. The second-order valence-corrected chi connectivity index (χ2v) is 7.65. The summed E-state index contributed by atoms with van der Waals surface area (Å²) in [7, 11) is -1.49. The molecule has 0 saturated carbocycles. The fourth-order valence-corrected chi connectivity index (χ4v) is 3.75. The molecule has 1 atom stereocenters. The van der Waals surface area contributed by atoms with Gasteiger partial charge in [0.1, 0.15) is 10.6 Å². The smallest absolute Gasteiger partial charge is 0.270 e. The highest BCUT2D eigenvalue weighted by Crippen LogP contribution is 2.30. The number of amides is 1. The predicted octanol–water partition coefficient (Wildman–Crippen LogP) is 0.781. The number of carbonyl (C=O) groups is 1. The van der Waals surface area contributed by atoms with Gasteiger partial charge in [0.25, 0.3) is 5.91 Å². The van der Waals surface area contributed by atoms with Crippen molar-refractivity contribution < 1.29 is 13.2 Å². The number of likely N-dealkylation sites (tertiary alicyclic amines) is 1. The van der Waals surface area contributed by atoms with Gasteiger partial charge in [0, 0.05) is 38.5 Å². The summed E-state index contributed by atoms with van der Waals surface area (Å²) in [6.45, 7) is 1.10. The number of aromatic nitrogens is 3. The number of carbonyl (C=O) groups excluding carboxylic acids is 1. The van der Waals surface area contributed by atoms with Crippen molar-refractivity contribution in [1.82, 2.24) is 19.7 Å². The summed E-state index contributed by atoms with van der Waals surface area (Å²) in [4.78, 5) is 14.5. The lowest BCUT2D eigenvalue weighted by Crippen LogP contribution is -2.30. The van der Waals surface area contributed by atoms with E-state index in [0.29, 0.717) is 24.5 Å². The summed E-state index contributed by atoms with van der Waals surface area (Å²) in [5.74, 6) is -0.0631. The van der Waals surface area contributed by atoms with Crippen LogP contribution >= 0.6 is 0 Å². The minimum absolute atomic E-state index is 0.0311. The van der Waals surface area contributed by atoms with Crippen molar-refractivity contribution >= 4 is 15.7 Å². The van der Waals surface area contributed by atoms with Crippen LogP contribution < -0.4 is 0 Å². The number of nitrogens with zero attached hydrogens (tertiary/aromatic N) is 3. The topological polar surface area (TPSA) is 88.1 Å². The molecule has 1 aliphatic rings. The van der Waals surface area contributed by atoms with Gasteiger partial charge in [-0.3, -0.25) is 9.89 Å². The van der Waals surface area contributed by atoms with Gasteiger partial charge in [-0.15, -0.1) is 0 Å². The van der Waals surface area contributed by atoms with Crippen molar-refractivity contribution in [3.05, 3.63) is 35.9 Å². The molecule has 22 heavy (non-hydrogen) atoms. The second kappa shape index (κ2) is 5.28. The van der Waals surface area contributed by atoms with Crippen molar-refractivity contribution in [2.45, 2.75) is 17.2 Å². The molecule has 3 rings (SSSR count). The maximum atomic E-state index is 12.5. The Bertz CT molecular complexity index is 806. The average molecular weight is 322 g/mol. The molecule has 3 heterocycles. The lowest BCUT2D eigenvalue weighted by molar-refractivity contribution is 0.0781. The van der Waals surface area contributed by atoms with Gasteiger partial charge in [-0.25, -0.2) is 8.42 Å². The molecule has 0 bridgehead atoms. The number of nitrogens with one attached hydrogen (secondary N) is 1. The van der Waals surface area contributed by atoms with E-state index in [4.69, 9.17) is 0 Å². The zero-order valence-electron chi connectivity index (χ0n) is 12.5. The summed E-state index contributed by atoms with van der Waals surface area (Å²) >= 11 is 0. The van der Waals surface area contributed by atoms with Crippen molar-refractivity contribution in [2.24, 2.45) is 7.05 Å². The summed E-state index contributed by atoms with van der Waals surface area (Å²) in [5.41, 5.74) is 1.23. The van der Waals surface area contributed by atoms with E-state index < -0.39 is 9.84 Å². The molecule has 1 unspecified atom stereocenters. The minimum Gasteiger partial charge on any atom is -0.347 e. The summed E-state index contributed by atoms with van der Waals surface area (Å²) in [5, 5.41) is 6.64. The van der Waals surface area contributed by atoms with Gasteiger partial charge >= 0.3 is 0 Å². The second-order valence-electron chi connectivity index (χ2n) is 5.66. The molecule has 8 heteroatoms. The molecule has 1 N–H and O–H groups in total. The zero-order chi connectivity index (χ0) is 15.9. The van der Waals surface area contributed by atoms with Gasteiger partial charge in [0.05, 0.1) is 11.9 Å². The third-order valence-corrected chi connectivity index (χ3v) is 5.20. The van der Waals surface area contributed by atoms with Crippen LogP contribution in [-0.2, 0) is 16.9 Å². The van der Waals surface area contributed by atoms with Crippen molar-refractivity contribution in [3.8, 4) is 0 Å². The molecule has 0 aliphatic carbocycles. The molecular weight excluding hydrogens is 304 g/mol. The molecule has 2 aromatic rings. The van der Waals surface area contributed by atoms with Gasteiger partial charge in [-0.1, -0.05) is 0 Å². The molecule has 7 nitrogen and oxygen atoms in total. The first-order valence-electron chi connectivity index (χ1n) is 7.02. The number of H-pyrrole nitrogens is 1. The lowest BCUT2D eigenvalue weighted by atomic mass is 10.1. The SMILES string of the molecule is Cn1cccc1C(=O)N1CCC(c2[nH]ncc2S(C)(=O)=O)C1. The van der Waals surface area contributed by atoms with E-state index in [1.807, 2.05) is 19.3 Å². The highest BCUT2D eigenvalue weighted by atomic mass is 32.2. The predicted molar refractivity (Wildman–Crippen MR) is 80.4 cm³/mol. The third-order valence-electron chi connectivity index (χ3n) is 4.08. The molecule has 1 fully saturated rings. The first-order chi connectivity index (χ1) is 10.4. The lowest BCUT2D eigenvalue weighted by Gasteiger charge is -2.17. The summed E-state index contributed by atoms with van der Waals surface area (Å²) in [6.07, 6.45) is 5.06. The zero-order valence-corrected chi connectivity index (χ0v) is 13.3. The summed E-state index contributed by atoms with van der Waals surface area (Å²) < 4.78 is 25.3. The van der Waals surface area contributed by atoms with E-state index >= 15 is 0 Å². The van der Waals surface area contributed by atoms with Crippen LogP contribution in [0.25, 0.3) is 0 Å². The highest BCUT2D eigenvalue weighted by molar-refractivity contribution is 7.90. The molecule has 2 aromatic heterocycles. The minimum atomic E-state index is -3.32. The Labute approximate surface area is 128 Å². The molecule has 0 aromatic carbocycles. The van der Waals surface area contributed by atoms with Crippen LogP contribution in [0.5, 0.6) is 0 Å². The molecular formula is C14H18N4O3S. The molecule has 1 aliphatic heterocycles. The normalized spacial score (nSPS) is 18.8. The Kier molecular flexibility index (Phi) is 3.56. The molecule has 0 radical (unpaired) electrons. The Morgan fingerprint density at radius 3 is 2.86 bits per heavy atom.